The number of thiophene rings is 1. The number of phenols is 1. The van der Waals surface area contributed by atoms with Crippen molar-refractivity contribution in [2.75, 3.05) is 23.1 Å². The van der Waals surface area contributed by atoms with Crippen LogP contribution in [0.1, 0.15) is 43.6 Å². The molecule has 4 aromatic carbocycles. The van der Waals surface area contributed by atoms with Crippen LogP contribution >= 0.6 is 23.1 Å². The molecule has 13 heteroatoms. The summed E-state index contributed by atoms with van der Waals surface area (Å²) in [4.78, 5) is 54.0. The number of nitriles is 1. The number of carbonyl (C=O) groups excluding carboxylic acids is 4. The van der Waals surface area contributed by atoms with E-state index in [1.54, 1.807) is 98.8 Å². The summed E-state index contributed by atoms with van der Waals surface area (Å²) in [7, 11) is 1.42. The molecule has 5 N–H and O–H groups in total. The van der Waals surface area contributed by atoms with Crippen molar-refractivity contribution in [3.8, 4) is 17.6 Å². The molecule has 11 nitrogen and oxygen atoms in total. The van der Waals surface area contributed by atoms with Gasteiger partial charge in [-0.15, -0.1) is 23.1 Å². The normalized spacial score (nSPS) is 11.5. The van der Waals surface area contributed by atoms with Crippen LogP contribution in [-0.2, 0) is 9.59 Å². The Morgan fingerprint density at radius 2 is 1.56 bits per heavy atom. The molecule has 0 spiro atoms. The standard InChI is InChI=1S/C39H33N5O6S2/c1-23-31(22-40)39(52-34(23)38(49)41-27-13-8-5-9-14-27)44-35(46)24(2)51-30-16-10-15-28(20-30)42-37(48)32(43-36(47)25-11-6-4-7-12-25)19-26-17-18-29(45)21-33(26)50-3/h4-21,24,45H,1-3H3,(H,41,49)(H,42,48)(H,43,47)(H,44,46)/b32-19+. The van der Waals surface area contributed by atoms with E-state index in [9.17, 15) is 29.5 Å². The molecule has 0 bridgehead atoms. The largest absolute Gasteiger partial charge is 0.508 e. The van der Waals surface area contributed by atoms with Crippen molar-refractivity contribution in [3.63, 3.8) is 0 Å². The number of hydrogen-bond acceptors (Lipinski definition) is 9. The van der Waals surface area contributed by atoms with Gasteiger partial charge in [-0.1, -0.05) is 42.5 Å². The molecule has 4 amide bonds. The molecule has 0 saturated heterocycles. The third-order valence-electron chi connectivity index (χ3n) is 7.55. The Balaban J connectivity index is 1.30. The lowest BCUT2D eigenvalue weighted by Gasteiger charge is -2.14. The highest BCUT2D eigenvalue weighted by Crippen LogP contribution is 2.34. The first-order chi connectivity index (χ1) is 25.1. The molecule has 0 aliphatic rings. The predicted octanol–water partition coefficient (Wildman–Crippen LogP) is 7.42. The molecule has 1 aromatic heterocycles. The van der Waals surface area contributed by atoms with Crippen molar-refractivity contribution in [1.29, 1.82) is 5.26 Å². The SMILES string of the molecule is COc1cc(O)ccc1/C=C(/NC(=O)c1ccccc1)C(=O)Nc1cccc(SC(C)C(=O)Nc2sc(C(=O)Nc3ccccc3)c(C)c2C#N)c1. The van der Waals surface area contributed by atoms with Gasteiger partial charge in [0.15, 0.2) is 0 Å². The number of benzene rings is 4. The minimum atomic E-state index is -0.635. The fourth-order valence-electron chi connectivity index (χ4n) is 4.90. The number of hydrogen-bond donors (Lipinski definition) is 5. The topological polar surface area (TPSA) is 170 Å². The highest BCUT2D eigenvalue weighted by molar-refractivity contribution is 8.00. The van der Waals surface area contributed by atoms with Crippen molar-refractivity contribution >= 4 is 69.2 Å². The van der Waals surface area contributed by atoms with Gasteiger partial charge >= 0.3 is 0 Å². The number of thioether (sulfide) groups is 1. The first kappa shape index (κ1) is 36.9. The number of amides is 4. The van der Waals surface area contributed by atoms with Gasteiger partial charge in [0, 0.05) is 33.5 Å². The average Bonchev–Trinajstić information content (AvgIpc) is 3.46. The quantitative estimate of drug-likeness (QED) is 0.0652. The Bertz CT molecular complexity index is 2200. The first-order valence-electron chi connectivity index (χ1n) is 15.8. The molecule has 1 atom stereocenters. The maximum atomic E-state index is 13.6. The second-order valence-electron chi connectivity index (χ2n) is 11.2. The number of ether oxygens (including phenoxy) is 1. The fraction of sp³-hybridized carbons (Fsp3) is 0.103. The molecule has 1 unspecified atom stereocenters. The van der Waals surface area contributed by atoms with Crippen LogP contribution in [0.15, 0.2) is 114 Å². The van der Waals surface area contributed by atoms with Crippen molar-refractivity contribution in [2.45, 2.75) is 24.0 Å². The minimum Gasteiger partial charge on any atom is -0.508 e. The molecule has 0 aliphatic carbocycles. The highest BCUT2D eigenvalue weighted by atomic mass is 32.2. The van der Waals surface area contributed by atoms with Gasteiger partial charge in [-0.05, 0) is 80.1 Å². The smallest absolute Gasteiger partial charge is 0.272 e. The highest BCUT2D eigenvalue weighted by Gasteiger charge is 2.24. The number of phenolic OH excluding ortho intramolecular Hbond substituents is 1. The number of para-hydroxylation sites is 1. The van der Waals surface area contributed by atoms with Gasteiger partial charge in [0.25, 0.3) is 17.7 Å². The molecule has 1 heterocycles. The van der Waals surface area contributed by atoms with E-state index in [0.717, 1.165) is 11.3 Å². The zero-order valence-corrected chi connectivity index (χ0v) is 29.9. The zero-order chi connectivity index (χ0) is 37.2. The van der Waals surface area contributed by atoms with E-state index in [-0.39, 0.29) is 39.6 Å². The van der Waals surface area contributed by atoms with Gasteiger partial charge < -0.3 is 31.1 Å². The van der Waals surface area contributed by atoms with Gasteiger partial charge in [0.1, 0.15) is 28.3 Å². The number of methoxy groups -OCH3 is 1. The first-order valence-corrected chi connectivity index (χ1v) is 17.5. The van der Waals surface area contributed by atoms with Crippen LogP contribution in [0.2, 0.25) is 0 Å². The monoisotopic (exact) mass is 731 g/mol. The summed E-state index contributed by atoms with van der Waals surface area (Å²) in [6.07, 6.45) is 1.44. The number of nitrogens with zero attached hydrogens (tertiary/aromatic N) is 1. The molecule has 262 valence electrons. The van der Waals surface area contributed by atoms with Crippen molar-refractivity contribution in [1.82, 2.24) is 5.32 Å². The third-order valence-corrected chi connectivity index (χ3v) is 9.85. The van der Waals surface area contributed by atoms with Gasteiger partial charge in [-0.2, -0.15) is 5.26 Å². The molecule has 52 heavy (non-hydrogen) atoms. The van der Waals surface area contributed by atoms with Crippen LogP contribution in [0.4, 0.5) is 16.4 Å². The van der Waals surface area contributed by atoms with Gasteiger partial charge in [-0.25, -0.2) is 0 Å². The number of carbonyl (C=O) groups is 4. The van der Waals surface area contributed by atoms with E-state index in [2.05, 4.69) is 27.3 Å². The summed E-state index contributed by atoms with van der Waals surface area (Å²) in [5.74, 6) is -1.64. The Hall–Kier alpha value is -6.36. The summed E-state index contributed by atoms with van der Waals surface area (Å²) in [6.45, 7) is 3.36. The molecule has 0 aliphatic heterocycles. The molecular weight excluding hydrogens is 699 g/mol. The lowest BCUT2D eigenvalue weighted by molar-refractivity contribution is -0.115. The second kappa shape index (κ2) is 17.0. The van der Waals surface area contributed by atoms with Crippen LogP contribution < -0.4 is 26.0 Å². The summed E-state index contributed by atoms with van der Waals surface area (Å²) >= 11 is 2.25. The average molecular weight is 732 g/mol. The Morgan fingerprint density at radius 1 is 0.865 bits per heavy atom. The van der Waals surface area contributed by atoms with E-state index in [1.807, 2.05) is 6.07 Å². The third kappa shape index (κ3) is 9.25. The lowest BCUT2D eigenvalue weighted by Crippen LogP contribution is -2.30. The van der Waals surface area contributed by atoms with Gasteiger partial charge in [0.2, 0.25) is 5.91 Å². The van der Waals surface area contributed by atoms with Crippen LogP contribution in [0.25, 0.3) is 6.08 Å². The second-order valence-corrected chi connectivity index (χ2v) is 13.7. The van der Waals surface area contributed by atoms with Gasteiger partial charge in [-0.3, -0.25) is 19.2 Å². The fourth-order valence-corrected chi connectivity index (χ4v) is 6.88. The van der Waals surface area contributed by atoms with E-state index in [4.69, 9.17) is 4.74 Å². The van der Waals surface area contributed by atoms with Crippen LogP contribution in [0, 0.1) is 18.3 Å². The number of anilines is 3. The van der Waals surface area contributed by atoms with Crippen LogP contribution in [0.5, 0.6) is 11.5 Å². The number of nitrogens with one attached hydrogen (secondary N) is 4. The number of aromatic hydroxyl groups is 1. The van der Waals surface area contributed by atoms with Gasteiger partial charge in [0.05, 0.1) is 22.8 Å². The van der Waals surface area contributed by atoms with E-state index in [0.29, 0.717) is 37.8 Å². The van der Waals surface area contributed by atoms with E-state index < -0.39 is 17.1 Å². The molecular formula is C39H33N5O6S2. The molecule has 5 rings (SSSR count). The Labute approximate surface area is 308 Å². The maximum Gasteiger partial charge on any atom is 0.272 e. The Morgan fingerprint density at radius 3 is 2.25 bits per heavy atom. The number of rotatable bonds is 12. The van der Waals surface area contributed by atoms with Crippen molar-refractivity contribution < 1.29 is 29.0 Å². The summed E-state index contributed by atoms with van der Waals surface area (Å²) < 4.78 is 5.36. The maximum absolute atomic E-state index is 13.6. The van der Waals surface area contributed by atoms with E-state index >= 15 is 0 Å². The summed E-state index contributed by atoms with van der Waals surface area (Å²) in [5.41, 5.74) is 2.39. The van der Waals surface area contributed by atoms with E-state index in [1.165, 1.54) is 37.1 Å². The summed E-state index contributed by atoms with van der Waals surface area (Å²) in [6, 6.07) is 30.7. The molecule has 0 saturated carbocycles. The predicted molar refractivity (Wildman–Crippen MR) is 204 cm³/mol. The van der Waals surface area contributed by atoms with Crippen LogP contribution in [0.3, 0.4) is 0 Å². The summed E-state index contributed by atoms with van der Waals surface area (Å²) in [5, 5.41) is 30.5. The zero-order valence-electron chi connectivity index (χ0n) is 28.2. The molecule has 0 radical (unpaired) electrons. The lowest BCUT2D eigenvalue weighted by atomic mass is 10.1. The van der Waals surface area contributed by atoms with Crippen LogP contribution in [-0.4, -0.2) is 41.1 Å². The molecule has 5 aromatic rings. The Kier molecular flexibility index (Phi) is 12.1. The minimum absolute atomic E-state index is 0.0301. The van der Waals surface area contributed by atoms with Crippen molar-refractivity contribution in [2.24, 2.45) is 0 Å². The van der Waals surface area contributed by atoms with Crippen molar-refractivity contribution in [3.05, 3.63) is 136 Å². The molecule has 0 fully saturated rings.